The maximum Gasteiger partial charge on any atom is 0.0992 e. The van der Waals surface area contributed by atoms with Gasteiger partial charge in [0.1, 0.15) is 0 Å². The molecule has 0 heterocycles. The van der Waals surface area contributed by atoms with Gasteiger partial charge in [-0.2, -0.15) is 5.26 Å². The molecule has 0 atom stereocenters. The molecule has 0 unspecified atom stereocenters. The van der Waals surface area contributed by atoms with Gasteiger partial charge in [-0.25, -0.2) is 0 Å². The van der Waals surface area contributed by atoms with E-state index in [1.54, 1.807) is 12.1 Å². The minimum atomic E-state index is -0.143. The number of hydrogen-bond acceptors (Lipinski definition) is 3. The summed E-state index contributed by atoms with van der Waals surface area (Å²) < 4.78 is 11.0. The average molecular weight is 268 g/mol. The van der Waals surface area contributed by atoms with Crippen LogP contribution in [0.5, 0.6) is 0 Å². The molecule has 0 aromatic heterocycles. The summed E-state index contributed by atoms with van der Waals surface area (Å²) in [6.07, 6.45) is 0. The molecule has 0 aliphatic rings. The highest BCUT2D eigenvalue weighted by Crippen LogP contribution is 2.18. The highest BCUT2D eigenvalue weighted by atomic mass is 35.5. The Bertz CT molecular complexity index is 432. The lowest BCUT2D eigenvalue weighted by Crippen LogP contribution is -2.21. The lowest BCUT2D eigenvalue weighted by Gasteiger charge is -2.19. The van der Waals surface area contributed by atoms with Crippen molar-refractivity contribution in [1.82, 2.24) is 0 Å². The first-order valence-electron chi connectivity index (χ1n) is 5.82. The molecule has 0 saturated carbocycles. The van der Waals surface area contributed by atoms with Gasteiger partial charge in [0.25, 0.3) is 0 Å². The lowest BCUT2D eigenvalue weighted by molar-refractivity contribution is -0.0376. The number of nitriles is 1. The SMILES string of the molecule is CC(C)(C)OCCOCc1ccc(C#N)cc1Cl. The monoisotopic (exact) mass is 267 g/mol. The van der Waals surface area contributed by atoms with E-state index < -0.39 is 0 Å². The molecule has 98 valence electrons. The molecule has 1 aromatic carbocycles. The summed E-state index contributed by atoms with van der Waals surface area (Å²) in [5.41, 5.74) is 1.29. The molecular weight excluding hydrogens is 250 g/mol. The average Bonchev–Trinajstić information content (AvgIpc) is 2.29. The molecule has 18 heavy (non-hydrogen) atoms. The van der Waals surface area contributed by atoms with Crippen molar-refractivity contribution in [3.63, 3.8) is 0 Å². The molecule has 0 aliphatic carbocycles. The number of hydrogen-bond donors (Lipinski definition) is 0. The van der Waals surface area contributed by atoms with Gasteiger partial charge in [0.05, 0.1) is 37.1 Å². The summed E-state index contributed by atoms with van der Waals surface area (Å²) >= 11 is 6.03. The first kappa shape index (κ1) is 15.0. The molecule has 0 radical (unpaired) electrons. The van der Waals surface area contributed by atoms with E-state index in [1.807, 2.05) is 32.9 Å². The van der Waals surface area contributed by atoms with Crippen LogP contribution in [0.2, 0.25) is 5.02 Å². The molecule has 3 nitrogen and oxygen atoms in total. The molecule has 0 spiro atoms. The third-order valence-corrected chi connectivity index (χ3v) is 2.55. The Balaban J connectivity index is 2.34. The van der Waals surface area contributed by atoms with E-state index >= 15 is 0 Å². The number of benzene rings is 1. The third kappa shape index (κ3) is 5.50. The van der Waals surface area contributed by atoms with Crippen LogP contribution < -0.4 is 0 Å². The molecule has 0 bridgehead atoms. The Morgan fingerprint density at radius 2 is 2.00 bits per heavy atom. The second-order valence-electron chi connectivity index (χ2n) is 4.93. The largest absolute Gasteiger partial charge is 0.374 e. The van der Waals surface area contributed by atoms with Crippen molar-refractivity contribution in [3.05, 3.63) is 34.3 Å². The highest BCUT2D eigenvalue weighted by molar-refractivity contribution is 6.31. The van der Waals surface area contributed by atoms with Crippen molar-refractivity contribution in [1.29, 1.82) is 5.26 Å². The molecule has 1 aromatic rings. The fraction of sp³-hybridized carbons (Fsp3) is 0.500. The van der Waals surface area contributed by atoms with E-state index in [2.05, 4.69) is 0 Å². The Morgan fingerprint density at radius 1 is 1.28 bits per heavy atom. The van der Waals surface area contributed by atoms with Gasteiger partial charge < -0.3 is 9.47 Å². The molecule has 0 fully saturated rings. The van der Waals surface area contributed by atoms with Gasteiger partial charge in [0.15, 0.2) is 0 Å². The van der Waals surface area contributed by atoms with Gasteiger partial charge in [-0.05, 0) is 38.5 Å². The normalized spacial score (nSPS) is 11.3. The second-order valence-corrected chi connectivity index (χ2v) is 5.34. The zero-order chi connectivity index (χ0) is 13.6. The molecular formula is C14H18ClNO2. The fourth-order valence-electron chi connectivity index (χ4n) is 1.32. The van der Waals surface area contributed by atoms with E-state index in [-0.39, 0.29) is 5.60 Å². The summed E-state index contributed by atoms with van der Waals surface area (Å²) in [5, 5.41) is 9.28. The zero-order valence-electron chi connectivity index (χ0n) is 11.0. The van der Waals surface area contributed by atoms with Crippen LogP contribution in [0.4, 0.5) is 0 Å². The number of halogens is 1. The summed E-state index contributed by atoms with van der Waals surface area (Å²) in [4.78, 5) is 0. The summed E-state index contributed by atoms with van der Waals surface area (Å²) in [6.45, 7) is 7.52. The van der Waals surface area contributed by atoms with Crippen LogP contribution in [0.3, 0.4) is 0 Å². The Hall–Kier alpha value is -1.08. The third-order valence-electron chi connectivity index (χ3n) is 2.20. The van der Waals surface area contributed by atoms with E-state index in [0.29, 0.717) is 30.4 Å². The summed E-state index contributed by atoms with van der Waals surface area (Å²) in [7, 11) is 0. The van der Waals surface area contributed by atoms with Crippen molar-refractivity contribution in [3.8, 4) is 6.07 Å². The van der Waals surface area contributed by atoms with Gasteiger partial charge in [0, 0.05) is 5.02 Å². The minimum absolute atomic E-state index is 0.143. The Labute approximate surface area is 113 Å². The zero-order valence-corrected chi connectivity index (χ0v) is 11.8. The van der Waals surface area contributed by atoms with Crippen molar-refractivity contribution in [2.75, 3.05) is 13.2 Å². The smallest absolute Gasteiger partial charge is 0.0992 e. The maximum atomic E-state index is 8.72. The summed E-state index contributed by atoms with van der Waals surface area (Å²) in [6, 6.07) is 7.23. The van der Waals surface area contributed by atoms with E-state index in [0.717, 1.165) is 5.56 Å². The molecule has 0 amide bonds. The molecule has 0 saturated heterocycles. The van der Waals surface area contributed by atoms with Crippen molar-refractivity contribution >= 4 is 11.6 Å². The second kappa shape index (κ2) is 6.75. The predicted octanol–water partition coefficient (Wildman–Crippen LogP) is 3.54. The van der Waals surface area contributed by atoms with E-state index in [9.17, 15) is 0 Å². The number of rotatable bonds is 5. The van der Waals surface area contributed by atoms with Gasteiger partial charge in [-0.1, -0.05) is 17.7 Å². The van der Waals surface area contributed by atoms with Gasteiger partial charge in [-0.3, -0.25) is 0 Å². The van der Waals surface area contributed by atoms with Crippen LogP contribution in [-0.2, 0) is 16.1 Å². The van der Waals surface area contributed by atoms with Crippen LogP contribution in [0.1, 0.15) is 31.9 Å². The van der Waals surface area contributed by atoms with Gasteiger partial charge >= 0.3 is 0 Å². The molecule has 0 aliphatic heterocycles. The maximum absolute atomic E-state index is 8.72. The topological polar surface area (TPSA) is 42.2 Å². The first-order valence-corrected chi connectivity index (χ1v) is 6.20. The summed E-state index contributed by atoms with van der Waals surface area (Å²) in [5.74, 6) is 0. The Morgan fingerprint density at radius 3 is 2.56 bits per heavy atom. The van der Waals surface area contributed by atoms with Crippen LogP contribution in [0.25, 0.3) is 0 Å². The molecule has 1 rings (SSSR count). The van der Waals surface area contributed by atoms with Gasteiger partial charge in [-0.15, -0.1) is 0 Å². The van der Waals surface area contributed by atoms with Crippen molar-refractivity contribution in [2.24, 2.45) is 0 Å². The van der Waals surface area contributed by atoms with Crippen LogP contribution in [-0.4, -0.2) is 18.8 Å². The minimum Gasteiger partial charge on any atom is -0.374 e. The molecule has 0 N–H and O–H groups in total. The first-order chi connectivity index (χ1) is 8.42. The van der Waals surface area contributed by atoms with E-state index in [4.69, 9.17) is 26.3 Å². The van der Waals surface area contributed by atoms with E-state index in [1.165, 1.54) is 0 Å². The fourth-order valence-corrected chi connectivity index (χ4v) is 1.56. The number of nitrogens with zero attached hydrogens (tertiary/aromatic N) is 1. The van der Waals surface area contributed by atoms with Crippen LogP contribution in [0.15, 0.2) is 18.2 Å². The number of ether oxygens (including phenoxy) is 2. The van der Waals surface area contributed by atoms with Crippen molar-refractivity contribution < 1.29 is 9.47 Å². The predicted molar refractivity (Wildman–Crippen MR) is 71.5 cm³/mol. The quantitative estimate of drug-likeness (QED) is 0.766. The van der Waals surface area contributed by atoms with Crippen molar-refractivity contribution in [2.45, 2.75) is 33.0 Å². The highest BCUT2D eigenvalue weighted by Gasteiger charge is 2.09. The molecule has 4 heteroatoms. The van der Waals surface area contributed by atoms with Crippen LogP contribution >= 0.6 is 11.6 Å². The lowest BCUT2D eigenvalue weighted by atomic mass is 10.1. The Kier molecular flexibility index (Phi) is 5.61. The van der Waals surface area contributed by atoms with Gasteiger partial charge in [0.2, 0.25) is 0 Å². The van der Waals surface area contributed by atoms with Crippen LogP contribution in [0, 0.1) is 11.3 Å². The standard InChI is InChI=1S/C14H18ClNO2/c1-14(2,3)18-7-6-17-10-12-5-4-11(9-16)8-13(12)15/h4-5,8H,6-7,10H2,1-3H3.